The topological polar surface area (TPSA) is 81.4 Å². The lowest BCUT2D eigenvalue weighted by atomic mass is 10.1. The lowest BCUT2D eigenvalue weighted by Crippen LogP contribution is -2.38. The highest BCUT2D eigenvalue weighted by molar-refractivity contribution is 5.71. The fourth-order valence-electron chi connectivity index (χ4n) is 2.06. The number of rotatable bonds is 4. The number of carbonyl (C=O) groups is 1. The monoisotopic (exact) mass is 296 g/mol. The quantitative estimate of drug-likeness (QED) is 0.914. The highest BCUT2D eigenvalue weighted by Gasteiger charge is 2.24. The Bertz CT molecular complexity index is 570. The summed E-state index contributed by atoms with van der Waals surface area (Å²) in [7, 11) is 0. The Labute approximate surface area is 124 Å². The van der Waals surface area contributed by atoms with Crippen LogP contribution in [0.2, 0.25) is 0 Å². The van der Waals surface area contributed by atoms with Crippen molar-refractivity contribution in [2.24, 2.45) is 0 Å². The van der Waals surface area contributed by atoms with Gasteiger partial charge in [0.05, 0.1) is 12.3 Å². The van der Waals surface area contributed by atoms with Gasteiger partial charge in [0.25, 0.3) is 5.56 Å². The largest absolute Gasteiger partial charge is 0.443 e. The summed E-state index contributed by atoms with van der Waals surface area (Å²) in [6, 6.07) is 0. The Balaban J connectivity index is 3.47. The summed E-state index contributed by atoms with van der Waals surface area (Å²) < 4.78 is 6.21. The summed E-state index contributed by atoms with van der Waals surface area (Å²) in [4.78, 5) is 29.2. The van der Waals surface area contributed by atoms with Gasteiger partial charge in [-0.05, 0) is 33.6 Å². The van der Waals surface area contributed by atoms with E-state index in [9.17, 15) is 9.59 Å². The molecule has 0 spiro atoms. The first-order chi connectivity index (χ1) is 9.75. The smallest absolute Gasteiger partial charge is 0.422 e. The van der Waals surface area contributed by atoms with E-state index in [1.54, 1.807) is 20.8 Å². The molecule has 1 rings (SSSR count). The first-order valence-corrected chi connectivity index (χ1v) is 7.23. The van der Waals surface area contributed by atoms with Crippen molar-refractivity contribution in [3.05, 3.63) is 27.4 Å². The van der Waals surface area contributed by atoms with E-state index in [0.717, 1.165) is 4.57 Å². The molecule has 0 aliphatic heterocycles. The van der Waals surface area contributed by atoms with E-state index < -0.39 is 17.3 Å². The van der Waals surface area contributed by atoms with Crippen LogP contribution in [0.15, 0.2) is 4.79 Å². The summed E-state index contributed by atoms with van der Waals surface area (Å²) >= 11 is 0. The summed E-state index contributed by atoms with van der Waals surface area (Å²) in [5.74, 6) is 0.241. The van der Waals surface area contributed by atoms with E-state index in [1.165, 1.54) is 0 Å². The second-order valence-corrected chi connectivity index (χ2v) is 5.75. The fourth-order valence-corrected chi connectivity index (χ4v) is 2.06. The molecule has 0 bridgehead atoms. The third-order valence-corrected chi connectivity index (χ3v) is 2.93. The van der Waals surface area contributed by atoms with Crippen LogP contribution in [-0.4, -0.2) is 33.0 Å². The van der Waals surface area contributed by atoms with Gasteiger partial charge < -0.3 is 9.84 Å². The second kappa shape index (κ2) is 6.85. The van der Waals surface area contributed by atoms with Gasteiger partial charge in [-0.1, -0.05) is 13.8 Å². The van der Waals surface area contributed by atoms with Crippen LogP contribution in [0.4, 0.5) is 4.79 Å². The van der Waals surface area contributed by atoms with Crippen molar-refractivity contribution >= 4 is 6.09 Å². The van der Waals surface area contributed by atoms with Crippen molar-refractivity contribution in [2.45, 2.75) is 59.5 Å². The van der Waals surface area contributed by atoms with Crippen molar-refractivity contribution in [3.63, 3.8) is 0 Å². The number of hydrogen-bond donors (Lipinski definition) is 1. The molecule has 1 N–H and O–H groups in total. The zero-order chi connectivity index (χ0) is 16.2. The Morgan fingerprint density at radius 2 is 1.90 bits per heavy atom. The van der Waals surface area contributed by atoms with Gasteiger partial charge in [0.2, 0.25) is 0 Å². The normalized spacial score (nSPS) is 11.5. The number of aliphatic hydroxyl groups is 1. The average Bonchev–Trinajstić information content (AvgIpc) is 2.36. The zero-order valence-corrected chi connectivity index (χ0v) is 13.4. The molecule has 6 heteroatoms. The highest BCUT2D eigenvalue weighted by Crippen LogP contribution is 2.11. The predicted octanol–water partition coefficient (Wildman–Crippen LogP) is 1.69. The molecule has 0 atom stereocenters. The Hall–Kier alpha value is -1.69. The summed E-state index contributed by atoms with van der Waals surface area (Å²) in [5, 5.41) is 9.13. The van der Waals surface area contributed by atoms with Gasteiger partial charge in [-0.2, -0.15) is 4.57 Å². The van der Waals surface area contributed by atoms with E-state index in [2.05, 4.69) is 4.98 Å². The molecule has 21 heavy (non-hydrogen) atoms. The van der Waals surface area contributed by atoms with Crippen molar-refractivity contribution in [3.8, 4) is 0 Å². The number of ether oxygens (including phenoxy) is 1. The molecule has 118 valence electrons. The van der Waals surface area contributed by atoms with Crippen LogP contribution in [0.5, 0.6) is 0 Å². The van der Waals surface area contributed by atoms with Crippen LogP contribution in [0.25, 0.3) is 0 Å². The van der Waals surface area contributed by atoms with E-state index >= 15 is 0 Å². The average molecular weight is 296 g/mol. The Morgan fingerprint density at radius 3 is 2.33 bits per heavy atom. The molecule has 0 unspecified atom stereocenters. The first-order valence-electron chi connectivity index (χ1n) is 7.23. The highest BCUT2D eigenvalue weighted by atomic mass is 16.6. The fraction of sp³-hybridized carbons (Fsp3) is 0.667. The molecule has 0 fully saturated rings. The van der Waals surface area contributed by atoms with Crippen LogP contribution < -0.4 is 5.56 Å². The lowest BCUT2D eigenvalue weighted by Gasteiger charge is -2.21. The van der Waals surface area contributed by atoms with Gasteiger partial charge in [-0.3, -0.25) is 4.79 Å². The summed E-state index contributed by atoms with van der Waals surface area (Å²) in [6.07, 6.45) is 0.482. The number of aromatic nitrogens is 2. The molecule has 0 saturated carbocycles. The molecule has 1 heterocycles. The van der Waals surface area contributed by atoms with Crippen molar-refractivity contribution in [1.82, 2.24) is 9.55 Å². The molecule has 6 nitrogen and oxygen atoms in total. The number of carbonyl (C=O) groups excluding carboxylic acids is 1. The molecule has 1 aromatic heterocycles. The number of aryl methyl sites for hydroxylation is 1. The van der Waals surface area contributed by atoms with Gasteiger partial charge in [0.15, 0.2) is 0 Å². The van der Waals surface area contributed by atoms with E-state index in [-0.39, 0.29) is 18.9 Å². The molecule has 0 radical (unpaired) electrons. The maximum Gasteiger partial charge on any atom is 0.422 e. The van der Waals surface area contributed by atoms with Gasteiger partial charge in [-0.25, -0.2) is 9.78 Å². The number of hydrogen-bond acceptors (Lipinski definition) is 5. The third kappa shape index (κ3) is 4.14. The first kappa shape index (κ1) is 17.4. The van der Waals surface area contributed by atoms with E-state index in [1.807, 2.05) is 13.8 Å². The molecule has 0 aliphatic rings. The lowest BCUT2D eigenvalue weighted by molar-refractivity contribution is 0.0521. The molecular weight excluding hydrogens is 272 g/mol. The standard InChI is InChI=1S/C15H24N2O4/c1-6-10-11(7-2)16-12(8-9-18)17(13(10)19)14(20)21-15(3,4)5/h18H,6-9H2,1-5H3. The minimum atomic E-state index is -0.749. The van der Waals surface area contributed by atoms with Crippen LogP contribution in [0.1, 0.15) is 51.7 Å². The summed E-state index contributed by atoms with van der Waals surface area (Å²) in [5.41, 5.74) is 0.0841. The van der Waals surface area contributed by atoms with Crippen molar-refractivity contribution in [2.75, 3.05) is 6.61 Å². The minimum absolute atomic E-state index is 0.130. The molecule has 0 aliphatic carbocycles. The molecular formula is C15H24N2O4. The van der Waals surface area contributed by atoms with Crippen LogP contribution in [0, 0.1) is 0 Å². The van der Waals surface area contributed by atoms with E-state index in [0.29, 0.717) is 24.1 Å². The summed E-state index contributed by atoms with van der Waals surface area (Å²) in [6.45, 7) is 8.76. The van der Waals surface area contributed by atoms with Gasteiger partial charge >= 0.3 is 6.09 Å². The van der Waals surface area contributed by atoms with Gasteiger partial charge in [0, 0.05) is 12.0 Å². The van der Waals surface area contributed by atoms with Crippen molar-refractivity contribution in [1.29, 1.82) is 0 Å². The SMILES string of the molecule is CCc1nc(CCO)n(C(=O)OC(C)(C)C)c(=O)c1CC. The van der Waals surface area contributed by atoms with Gasteiger partial charge in [0.1, 0.15) is 11.4 Å². The maximum atomic E-state index is 12.5. The Morgan fingerprint density at radius 1 is 1.29 bits per heavy atom. The molecule has 1 aromatic rings. The molecule has 0 aromatic carbocycles. The van der Waals surface area contributed by atoms with Gasteiger partial charge in [-0.15, -0.1) is 0 Å². The third-order valence-electron chi connectivity index (χ3n) is 2.93. The number of aliphatic hydroxyl groups excluding tert-OH is 1. The number of nitrogens with zero attached hydrogens (tertiary/aromatic N) is 2. The van der Waals surface area contributed by atoms with E-state index in [4.69, 9.17) is 9.84 Å². The molecule has 0 amide bonds. The van der Waals surface area contributed by atoms with Crippen LogP contribution >= 0.6 is 0 Å². The second-order valence-electron chi connectivity index (χ2n) is 5.75. The molecule has 0 saturated heterocycles. The van der Waals surface area contributed by atoms with Crippen LogP contribution in [-0.2, 0) is 24.0 Å². The maximum absolute atomic E-state index is 12.5. The van der Waals surface area contributed by atoms with Crippen LogP contribution in [0.3, 0.4) is 0 Å². The Kier molecular flexibility index (Phi) is 5.66. The van der Waals surface area contributed by atoms with Crippen molar-refractivity contribution < 1.29 is 14.6 Å². The predicted molar refractivity (Wildman–Crippen MR) is 79.7 cm³/mol. The zero-order valence-electron chi connectivity index (χ0n) is 13.4. The minimum Gasteiger partial charge on any atom is -0.443 e.